The van der Waals surface area contributed by atoms with Crippen molar-refractivity contribution in [2.45, 2.75) is 62.9 Å². The number of ether oxygens (including phenoxy) is 2. The van der Waals surface area contributed by atoms with Crippen LogP contribution >= 0.6 is 0 Å². The number of morpholine rings is 1. The number of nitrogens with two attached hydrogens (primary N) is 1. The molecule has 3 rings (SSSR count). The number of rotatable bonds is 3. The third-order valence-electron chi connectivity index (χ3n) is 4.83. The van der Waals surface area contributed by atoms with Gasteiger partial charge in [0, 0.05) is 19.1 Å². The van der Waals surface area contributed by atoms with Gasteiger partial charge in [-0.1, -0.05) is 12.8 Å². The molecule has 4 atom stereocenters. The summed E-state index contributed by atoms with van der Waals surface area (Å²) in [4.78, 5) is 14.0. The maximum atomic E-state index is 11.5. The molecule has 0 bridgehead atoms. The number of nitrogens with zero attached hydrogens (tertiary/aromatic N) is 1. The Balaban J connectivity index is 1.53. The van der Waals surface area contributed by atoms with Crippen molar-refractivity contribution in [2.75, 3.05) is 19.7 Å². The SMILES string of the molecule is NNC(=O)C1CCC(CN2CCOC3CCCCC32)O1. The largest absolute Gasteiger partial charge is 0.375 e. The molecule has 6 heteroatoms. The summed E-state index contributed by atoms with van der Waals surface area (Å²) < 4.78 is 11.7. The Morgan fingerprint density at radius 1 is 1.25 bits per heavy atom. The van der Waals surface area contributed by atoms with Crippen molar-refractivity contribution < 1.29 is 14.3 Å². The highest BCUT2D eigenvalue weighted by molar-refractivity contribution is 5.80. The zero-order chi connectivity index (χ0) is 13.9. The average molecular weight is 283 g/mol. The molecule has 0 aromatic carbocycles. The highest BCUT2D eigenvalue weighted by Gasteiger charge is 2.37. The van der Waals surface area contributed by atoms with Crippen molar-refractivity contribution in [3.05, 3.63) is 0 Å². The van der Waals surface area contributed by atoms with Gasteiger partial charge in [0.05, 0.1) is 18.8 Å². The highest BCUT2D eigenvalue weighted by atomic mass is 16.5. The second kappa shape index (κ2) is 6.39. The molecule has 0 radical (unpaired) electrons. The van der Waals surface area contributed by atoms with E-state index in [-0.39, 0.29) is 18.1 Å². The van der Waals surface area contributed by atoms with Crippen LogP contribution in [-0.4, -0.2) is 54.9 Å². The van der Waals surface area contributed by atoms with Gasteiger partial charge in [-0.3, -0.25) is 15.1 Å². The van der Waals surface area contributed by atoms with E-state index >= 15 is 0 Å². The number of fused-ring (bicyclic) bond motifs is 1. The molecular formula is C14H25N3O3. The smallest absolute Gasteiger partial charge is 0.263 e. The summed E-state index contributed by atoms with van der Waals surface area (Å²) in [6.45, 7) is 2.72. The molecule has 2 saturated heterocycles. The van der Waals surface area contributed by atoms with Gasteiger partial charge in [-0.15, -0.1) is 0 Å². The van der Waals surface area contributed by atoms with E-state index in [1.807, 2.05) is 0 Å². The van der Waals surface area contributed by atoms with E-state index in [1.165, 1.54) is 25.7 Å². The third-order valence-corrected chi connectivity index (χ3v) is 4.83. The van der Waals surface area contributed by atoms with Gasteiger partial charge in [-0.2, -0.15) is 0 Å². The first kappa shape index (κ1) is 14.3. The lowest BCUT2D eigenvalue weighted by Gasteiger charge is -2.44. The van der Waals surface area contributed by atoms with Crippen molar-refractivity contribution >= 4 is 5.91 Å². The number of hydrazine groups is 1. The fourth-order valence-electron chi connectivity index (χ4n) is 3.79. The van der Waals surface area contributed by atoms with Gasteiger partial charge in [0.25, 0.3) is 5.91 Å². The number of hydrogen-bond acceptors (Lipinski definition) is 5. The van der Waals surface area contributed by atoms with Crippen LogP contribution in [0.1, 0.15) is 38.5 Å². The van der Waals surface area contributed by atoms with Gasteiger partial charge in [0.15, 0.2) is 0 Å². The molecule has 3 aliphatic rings. The number of hydrogen-bond donors (Lipinski definition) is 2. The molecule has 1 aliphatic carbocycles. The van der Waals surface area contributed by atoms with Gasteiger partial charge in [-0.05, 0) is 25.7 Å². The van der Waals surface area contributed by atoms with Crippen molar-refractivity contribution in [2.24, 2.45) is 5.84 Å². The Hall–Kier alpha value is -0.690. The van der Waals surface area contributed by atoms with Crippen LogP contribution in [0.5, 0.6) is 0 Å². The minimum atomic E-state index is -0.367. The van der Waals surface area contributed by atoms with Crippen LogP contribution in [0.25, 0.3) is 0 Å². The second-order valence-corrected chi connectivity index (χ2v) is 6.09. The molecule has 3 N–H and O–H groups in total. The van der Waals surface area contributed by atoms with Crippen LogP contribution in [0.15, 0.2) is 0 Å². The molecular weight excluding hydrogens is 258 g/mol. The van der Waals surface area contributed by atoms with E-state index in [1.54, 1.807) is 0 Å². The first-order valence-electron chi connectivity index (χ1n) is 7.79. The summed E-state index contributed by atoms with van der Waals surface area (Å²) in [7, 11) is 0. The summed E-state index contributed by atoms with van der Waals surface area (Å²) >= 11 is 0. The molecule has 2 heterocycles. The van der Waals surface area contributed by atoms with Crippen LogP contribution in [0.2, 0.25) is 0 Å². The van der Waals surface area contributed by atoms with E-state index in [0.29, 0.717) is 12.1 Å². The molecule has 1 saturated carbocycles. The Morgan fingerprint density at radius 2 is 2.10 bits per heavy atom. The van der Waals surface area contributed by atoms with E-state index < -0.39 is 0 Å². The number of carbonyl (C=O) groups is 1. The number of nitrogens with one attached hydrogen (secondary N) is 1. The standard InChI is InChI=1S/C14H25N3O3/c15-16-14(18)13-6-5-10(20-13)9-17-7-8-19-12-4-2-1-3-11(12)17/h10-13H,1-9,15H2,(H,16,18). The van der Waals surface area contributed by atoms with Crippen LogP contribution in [0, 0.1) is 0 Å². The molecule has 3 fully saturated rings. The van der Waals surface area contributed by atoms with Gasteiger partial charge < -0.3 is 9.47 Å². The van der Waals surface area contributed by atoms with Gasteiger partial charge >= 0.3 is 0 Å². The molecule has 20 heavy (non-hydrogen) atoms. The minimum Gasteiger partial charge on any atom is -0.375 e. The summed E-state index contributed by atoms with van der Waals surface area (Å²) in [5.41, 5.74) is 2.18. The predicted octanol–water partition coefficient (Wildman–Crippen LogP) is 0.167. The maximum Gasteiger partial charge on any atom is 0.263 e. The molecule has 0 spiro atoms. The molecule has 2 aliphatic heterocycles. The zero-order valence-corrected chi connectivity index (χ0v) is 11.9. The van der Waals surface area contributed by atoms with Crippen molar-refractivity contribution in [3.8, 4) is 0 Å². The van der Waals surface area contributed by atoms with Crippen molar-refractivity contribution in [1.29, 1.82) is 0 Å². The van der Waals surface area contributed by atoms with Crippen LogP contribution < -0.4 is 11.3 Å². The summed E-state index contributed by atoms with van der Waals surface area (Å²) in [6, 6.07) is 0.545. The first-order chi connectivity index (χ1) is 9.78. The highest BCUT2D eigenvalue weighted by Crippen LogP contribution is 2.30. The molecule has 6 nitrogen and oxygen atoms in total. The summed E-state index contributed by atoms with van der Waals surface area (Å²) in [5.74, 6) is 4.96. The fraction of sp³-hybridized carbons (Fsp3) is 0.929. The summed E-state index contributed by atoms with van der Waals surface area (Å²) in [6.07, 6.45) is 6.89. The van der Waals surface area contributed by atoms with E-state index in [9.17, 15) is 4.79 Å². The normalized spacial score (nSPS) is 38.5. The number of carbonyl (C=O) groups excluding carboxylic acids is 1. The Bertz CT molecular complexity index is 351. The lowest BCUT2D eigenvalue weighted by molar-refractivity contribution is -0.134. The molecule has 1 amide bonds. The minimum absolute atomic E-state index is 0.151. The Kier molecular flexibility index (Phi) is 4.55. The van der Waals surface area contributed by atoms with Crippen molar-refractivity contribution in [3.63, 3.8) is 0 Å². The first-order valence-corrected chi connectivity index (χ1v) is 7.79. The van der Waals surface area contributed by atoms with Gasteiger partial charge in [0.2, 0.25) is 0 Å². The predicted molar refractivity (Wildman–Crippen MR) is 73.8 cm³/mol. The molecule has 4 unspecified atom stereocenters. The zero-order valence-electron chi connectivity index (χ0n) is 11.9. The number of amides is 1. The quantitative estimate of drug-likeness (QED) is 0.438. The Morgan fingerprint density at radius 3 is 2.95 bits per heavy atom. The molecule has 0 aromatic heterocycles. The van der Waals surface area contributed by atoms with Gasteiger partial charge in [-0.25, -0.2) is 5.84 Å². The van der Waals surface area contributed by atoms with Crippen LogP contribution in [-0.2, 0) is 14.3 Å². The van der Waals surface area contributed by atoms with Crippen molar-refractivity contribution in [1.82, 2.24) is 10.3 Å². The monoisotopic (exact) mass is 283 g/mol. The Labute approximate surface area is 119 Å². The lowest BCUT2D eigenvalue weighted by Crippen LogP contribution is -2.54. The van der Waals surface area contributed by atoms with Crippen LogP contribution in [0.3, 0.4) is 0 Å². The summed E-state index contributed by atoms with van der Waals surface area (Å²) in [5, 5.41) is 0. The topological polar surface area (TPSA) is 76.8 Å². The third kappa shape index (κ3) is 2.98. The fourth-order valence-corrected chi connectivity index (χ4v) is 3.79. The second-order valence-electron chi connectivity index (χ2n) is 6.09. The van der Waals surface area contributed by atoms with Gasteiger partial charge in [0.1, 0.15) is 6.10 Å². The van der Waals surface area contributed by atoms with E-state index in [4.69, 9.17) is 15.3 Å². The molecule has 0 aromatic rings. The molecule has 114 valence electrons. The lowest BCUT2D eigenvalue weighted by atomic mass is 9.90. The van der Waals surface area contributed by atoms with Crippen LogP contribution in [0.4, 0.5) is 0 Å². The van der Waals surface area contributed by atoms with E-state index in [2.05, 4.69) is 10.3 Å². The maximum absolute atomic E-state index is 11.5. The average Bonchev–Trinajstić information content (AvgIpc) is 2.95. The van der Waals surface area contributed by atoms with E-state index in [0.717, 1.165) is 32.5 Å².